The summed E-state index contributed by atoms with van der Waals surface area (Å²) in [6, 6.07) is 4.67. The van der Waals surface area contributed by atoms with Gasteiger partial charge in [-0.05, 0) is 17.7 Å². The van der Waals surface area contributed by atoms with Crippen LogP contribution in [0.3, 0.4) is 0 Å². The van der Waals surface area contributed by atoms with Crippen molar-refractivity contribution < 1.29 is 14.4 Å². The third-order valence-corrected chi connectivity index (χ3v) is 3.96. The lowest BCUT2D eigenvalue weighted by Crippen LogP contribution is -2.40. The topological polar surface area (TPSA) is 78.5 Å². The molecule has 1 aliphatic heterocycles. The standard InChI is InChI=1S/C14H15Cl2N3O3/c1-8(13-9(15)3-2-4-10(13)16)5-17-11(20)6-19-7-12(21)18-14(19)22/h2-4,8H,5-7H2,1H3,(H,17,20)(H,18,21,22). The van der Waals surface area contributed by atoms with Crippen LogP contribution < -0.4 is 10.6 Å². The van der Waals surface area contributed by atoms with E-state index in [0.29, 0.717) is 16.6 Å². The van der Waals surface area contributed by atoms with E-state index in [-0.39, 0.29) is 24.9 Å². The molecule has 1 aromatic rings. The maximum absolute atomic E-state index is 11.8. The average Bonchev–Trinajstić information content (AvgIpc) is 2.74. The summed E-state index contributed by atoms with van der Waals surface area (Å²) >= 11 is 12.2. The largest absolute Gasteiger partial charge is 0.354 e. The van der Waals surface area contributed by atoms with Gasteiger partial charge in [0.15, 0.2) is 0 Å². The first-order valence-corrected chi connectivity index (χ1v) is 7.43. The molecule has 1 fully saturated rings. The number of hydrogen-bond donors (Lipinski definition) is 2. The number of nitrogens with zero attached hydrogens (tertiary/aromatic N) is 1. The third-order valence-electron chi connectivity index (χ3n) is 3.30. The molecule has 6 nitrogen and oxygen atoms in total. The summed E-state index contributed by atoms with van der Waals surface area (Å²) in [4.78, 5) is 35.4. The highest BCUT2D eigenvalue weighted by Gasteiger charge is 2.28. The van der Waals surface area contributed by atoms with Crippen LogP contribution in [0.5, 0.6) is 0 Å². The van der Waals surface area contributed by atoms with Crippen molar-refractivity contribution in [2.75, 3.05) is 19.6 Å². The van der Waals surface area contributed by atoms with E-state index < -0.39 is 11.9 Å². The summed E-state index contributed by atoms with van der Waals surface area (Å²) in [6.45, 7) is 1.95. The molecular formula is C14H15Cl2N3O3. The predicted molar refractivity (Wildman–Crippen MR) is 83.0 cm³/mol. The van der Waals surface area contributed by atoms with Crippen molar-refractivity contribution in [3.8, 4) is 0 Å². The molecule has 4 amide bonds. The van der Waals surface area contributed by atoms with E-state index in [1.54, 1.807) is 18.2 Å². The highest BCUT2D eigenvalue weighted by Crippen LogP contribution is 2.30. The van der Waals surface area contributed by atoms with Gasteiger partial charge in [0.05, 0.1) is 0 Å². The van der Waals surface area contributed by atoms with Gasteiger partial charge in [-0.3, -0.25) is 14.9 Å². The van der Waals surface area contributed by atoms with Crippen LogP contribution in [0.4, 0.5) is 4.79 Å². The summed E-state index contributed by atoms with van der Waals surface area (Å²) < 4.78 is 0. The van der Waals surface area contributed by atoms with Crippen LogP contribution >= 0.6 is 23.2 Å². The normalized spacial score (nSPS) is 15.7. The number of amides is 4. The van der Waals surface area contributed by atoms with Crippen molar-refractivity contribution in [3.63, 3.8) is 0 Å². The quantitative estimate of drug-likeness (QED) is 0.799. The molecule has 0 bridgehead atoms. The smallest absolute Gasteiger partial charge is 0.325 e. The van der Waals surface area contributed by atoms with Gasteiger partial charge in [-0.25, -0.2) is 4.79 Å². The minimum Gasteiger partial charge on any atom is -0.354 e. The van der Waals surface area contributed by atoms with Crippen molar-refractivity contribution in [2.45, 2.75) is 12.8 Å². The first-order chi connectivity index (χ1) is 10.4. The van der Waals surface area contributed by atoms with Gasteiger partial charge < -0.3 is 10.2 Å². The zero-order valence-corrected chi connectivity index (χ0v) is 13.4. The molecule has 2 N–H and O–H groups in total. The molecule has 0 radical (unpaired) electrons. The SMILES string of the molecule is CC(CNC(=O)CN1CC(=O)NC1=O)c1c(Cl)cccc1Cl. The molecule has 22 heavy (non-hydrogen) atoms. The molecule has 1 aliphatic rings. The van der Waals surface area contributed by atoms with Gasteiger partial charge in [-0.1, -0.05) is 36.2 Å². The van der Waals surface area contributed by atoms with E-state index in [0.717, 1.165) is 10.5 Å². The second-order valence-corrected chi connectivity index (χ2v) is 5.86. The summed E-state index contributed by atoms with van der Waals surface area (Å²) in [7, 11) is 0. The second-order valence-electron chi connectivity index (χ2n) is 5.05. The number of benzene rings is 1. The molecule has 0 saturated carbocycles. The summed E-state index contributed by atoms with van der Waals surface area (Å²) in [6.07, 6.45) is 0. The van der Waals surface area contributed by atoms with Crippen LogP contribution in [0.2, 0.25) is 10.0 Å². The number of hydrogen-bond acceptors (Lipinski definition) is 3. The Morgan fingerprint density at radius 1 is 1.36 bits per heavy atom. The van der Waals surface area contributed by atoms with E-state index in [4.69, 9.17) is 23.2 Å². The Morgan fingerprint density at radius 2 is 2.00 bits per heavy atom. The molecule has 1 heterocycles. The zero-order chi connectivity index (χ0) is 16.3. The van der Waals surface area contributed by atoms with Gasteiger partial charge in [0, 0.05) is 22.5 Å². The molecule has 1 aromatic carbocycles. The number of urea groups is 1. The molecule has 8 heteroatoms. The van der Waals surface area contributed by atoms with Gasteiger partial charge >= 0.3 is 6.03 Å². The van der Waals surface area contributed by atoms with E-state index in [2.05, 4.69) is 10.6 Å². The highest BCUT2D eigenvalue weighted by atomic mass is 35.5. The van der Waals surface area contributed by atoms with Crippen LogP contribution in [0, 0.1) is 0 Å². The molecule has 1 saturated heterocycles. The van der Waals surface area contributed by atoms with Crippen molar-refractivity contribution in [2.24, 2.45) is 0 Å². The van der Waals surface area contributed by atoms with Crippen LogP contribution in [0.1, 0.15) is 18.4 Å². The van der Waals surface area contributed by atoms with Crippen LogP contribution in [0.25, 0.3) is 0 Å². The Hall–Kier alpha value is -1.79. The fourth-order valence-corrected chi connectivity index (χ4v) is 2.96. The number of carbonyl (C=O) groups is 3. The molecule has 0 aliphatic carbocycles. The van der Waals surface area contributed by atoms with Crippen molar-refractivity contribution in [1.29, 1.82) is 0 Å². The maximum Gasteiger partial charge on any atom is 0.325 e. The molecule has 1 atom stereocenters. The molecule has 2 rings (SSSR count). The Labute approximate surface area is 137 Å². The van der Waals surface area contributed by atoms with Crippen LogP contribution in [0.15, 0.2) is 18.2 Å². The predicted octanol–water partition coefficient (Wildman–Crippen LogP) is 1.76. The third kappa shape index (κ3) is 3.90. The average molecular weight is 344 g/mol. The summed E-state index contributed by atoms with van der Waals surface area (Å²) in [5.41, 5.74) is 0.764. The molecule has 118 valence electrons. The van der Waals surface area contributed by atoms with Crippen molar-refractivity contribution in [3.05, 3.63) is 33.8 Å². The van der Waals surface area contributed by atoms with Gasteiger partial charge in [0.1, 0.15) is 13.1 Å². The molecule has 0 spiro atoms. The lowest BCUT2D eigenvalue weighted by Gasteiger charge is -2.17. The zero-order valence-electron chi connectivity index (χ0n) is 11.9. The lowest BCUT2D eigenvalue weighted by molar-refractivity contribution is -0.122. The summed E-state index contributed by atoms with van der Waals surface area (Å²) in [5.74, 6) is -0.840. The van der Waals surface area contributed by atoms with E-state index in [9.17, 15) is 14.4 Å². The Balaban J connectivity index is 1.88. The number of nitrogens with one attached hydrogen (secondary N) is 2. The number of rotatable bonds is 5. The first kappa shape index (κ1) is 16.6. The first-order valence-electron chi connectivity index (χ1n) is 6.68. The summed E-state index contributed by atoms with van der Waals surface area (Å²) in [5, 5.41) is 5.90. The Morgan fingerprint density at radius 3 is 2.55 bits per heavy atom. The number of imide groups is 1. The highest BCUT2D eigenvalue weighted by molar-refractivity contribution is 6.36. The Kier molecular flexibility index (Phi) is 5.26. The van der Waals surface area contributed by atoms with Gasteiger partial charge in [0.2, 0.25) is 11.8 Å². The second kappa shape index (κ2) is 6.98. The van der Waals surface area contributed by atoms with Gasteiger partial charge in [0.25, 0.3) is 0 Å². The van der Waals surface area contributed by atoms with Crippen molar-refractivity contribution in [1.82, 2.24) is 15.5 Å². The fourth-order valence-electron chi connectivity index (χ4n) is 2.19. The van der Waals surface area contributed by atoms with E-state index >= 15 is 0 Å². The maximum atomic E-state index is 11.8. The van der Waals surface area contributed by atoms with Crippen molar-refractivity contribution >= 4 is 41.0 Å². The minimum atomic E-state index is -0.553. The monoisotopic (exact) mass is 343 g/mol. The van der Waals surface area contributed by atoms with E-state index in [1.807, 2.05) is 6.92 Å². The Bertz CT molecular complexity index is 601. The van der Waals surface area contributed by atoms with E-state index in [1.165, 1.54) is 0 Å². The van der Waals surface area contributed by atoms with Gasteiger partial charge in [-0.2, -0.15) is 0 Å². The van der Waals surface area contributed by atoms with Crippen LogP contribution in [-0.4, -0.2) is 42.4 Å². The number of carbonyl (C=O) groups excluding carboxylic acids is 3. The minimum absolute atomic E-state index is 0.0841. The van der Waals surface area contributed by atoms with Crippen LogP contribution in [-0.2, 0) is 9.59 Å². The fraction of sp³-hybridized carbons (Fsp3) is 0.357. The molecule has 1 unspecified atom stereocenters. The lowest BCUT2D eigenvalue weighted by atomic mass is 10.0. The molecular weight excluding hydrogens is 329 g/mol. The number of halogens is 2. The molecule has 0 aromatic heterocycles. The van der Waals surface area contributed by atoms with Gasteiger partial charge in [-0.15, -0.1) is 0 Å².